The number of nitro groups is 1. The lowest BCUT2D eigenvalue weighted by molar-refractivity contribution is -0.400. The van der Waals surface area contributed by atoms with Crippen molar-refractivity contribution < 1.29 is 4.92 Å². The maximum Gasteiger partial charge on any atom is 0.235 e. The molecule has 1 aromatic heterocycles. The van der Waals surface area contributed by atoms with Crippen molar-refractivity contribution in [1.29, 1.82) is 0 Å². The number of rotatable bonds is 5. The zero-order valence-corrected chi connectivity index (χ0v) is 8.92. The van der Waals surface area contributed by atoms with Crippen molar-refractivity contribution in [3.63, 3.8) is 0 Å². The third-order valence-corrected chi connectivity index (χ3v) is 2.93. The molecular formula is C10H13NO2S. The highest BCUT2D eigenvalue weighted by molar-refractivity contribution is 7.12. The molecule has 0 atom stereocenters. The molecule has 1 heterocycles. The van der Waals surface area contributed by atoms with E-state index in [1.807, 2.05) is 12.1 Å². The van der Waals surface area contributed by atoms with Crippen molar-refractivity contribution in [2.75, 3.05) is 0 Å². The van der Waals surface area contributed by atoms with Gasteiger partial charge in [0.25, 0.3) is 0 Å². The smallest absolute Gasteiger partial charge is 0.235 e. The highest BCUT2D eigenvalue weighted by atomic mass is 32.1. The number of aryl methyl sites for hydroxylation is 1. The van der Waals surface area contributed by atoms with Crippen LogP contribution in [0.3, 0.4) is 0 Å². The Labute approximate surface area is 87.2 Å². The molecule has 0 aromatic carbocycles. The number of unbranched alkanes of at least 4 members (excludes halogenated alkanes) is 1. The van der Waals surface area contributed by atoms with E-state index in [0.717, 1.165) is 17.5 Å². The van der Waals surface area contributed by atoms with Crippen LogP contribution in [0.15, 0.2) is 18.3 Å². The maximum atomic E-state index is 10.1. The van der Waals surface area contributed by atoms with Crippen LogP contribution in [0, 0.1) is 10.1 Å². The molecule has 0 radical (unpaired) electrons. The van der Waals surface area contributed by atoms with Gasteiger partial charge in [0.1, 0.15) is 0 Å². The molecule has 0 aliphatic rings. The molecule has 3 nitrogen and oxygen atoms in total. The lowest BCUT2D eigenvalue weighted by Crippen LogP contribution is -1.80. The Morgan fingerprint density at radius 3 is 3.00 bits per heavy atom. The second-order valence-electron chi connectivity index (χ2n) is 3.01. The van der Waals surface area contributed by atoms with Crippen LogP contribution in [0.25, 0.3) is 6.08 Å². The predicted molar refractivity (Wildman–Crippen MR) is 59.0 cm³/mol. The predicted octanol–water partition coefficient (Wildman–Crippen LogP) is 3.34. The Morgan fingerprint density at radius 1 is 1.57 bits per heavy atom. The van der Waals surface area contributed by atoms with Gasteiger partial charge in [0, 0.05) is 15.8 Å². The highest BCUT2D eigenvalue weighted by Gasteiger charge is 1.98. The summed E-state index contributed by atoms with van der Waals surface area (Å²) in [5.41, 5.74) is 0. The van der Waals surface area contributed by atoms with E-state index in [1.165, 1.54) is 17.7 Å². The average molecular weight is 211 g/mol. The van der Waals surface area contributed by atoms with Gasteiger partial charge in [-0.25, -0.2) is 0 Å². The van der Waals surface area contributed by atoms with Gasteiger partial charge in [0.2, 0.25) is 6.20 Å². The van der Waals surface area contributed by atoms with Gasteiger partial charge < -0.3 is 0 Å². The largest absolute Gasteiger partial charge is 0.259 e. The monoisotopic (exact) mass is 211 g/mol. The first-order chi connectivity index (χ1) is 6.72. The van der Waals surface area contributed by atoms with Crippen molar-refractivity contribution in [1.82, 2.24) is 0 Å². The molecule has 0 bridgehead atoms. The van der Waals surface area contributed by atoms with E-state index in [9.17, 15) is 10.1 Å². The maximum absolute atomic E-state index is 10.1. The van der Waals surface area contributed by atoms with Gasteiger partial charge in [-0.3, -0.25) is 10.1 Å². The molecule has 1 rings (SSSR count). The van der Waals surface area contributed by atoms with Crippen LogP contribution in [0.4, 0.5) is 0 Å². The Hall–Kier alpha value is -1.16. The summed E-state index contributed by atoms with van der Waals surface area (Å²) in [5.74, 6) is 0. The van der Waals surface area contributed by atoms with Crippen LogP contribution < -0.4 is 0 Å². The fourth-order valence-corrected chi connectivity index (χ4v) is 2.05. The minimum Gasteiger partial charge on any atom is -0.259 e. The van der Waals surface area contributed by atoms with Crippen LogP contribution in [0.5, 0.6) is 0 Å². The van der Waals surface area contributed by atoms with Crippen molar-refractivity contribution in [3.8, 4) is 0 Å². The van der Waals surface area contributed by atoms with Gasteiger partial charge in [-0.2, -0.15) is 0 Å². The molecule has 4 heteroatoms. The van der Waals surface area contributed by atoms with Crippen molar-refractivity contribution >= 4 is 17.4 Å². The van der Waals surface area contributed by atoms with Gasteiger partial charge >= 0.3 is 0 Å². The third-order valence-electron chi connectivity index (χ3n) is 1.82. The Balaban J connectivity index is 2.54. The van der Waals surface area contributed by atoms with Crippen LogP contribution in [-0.4, -0.2) is 4.92 Å². The van der Waals surface area contributed by atoms with Gasteiger partial charge in [0.15, 0.2) is 0 Å². The topological polar surface area (TPSA) is 43.1 Å². The summed E-state index contributed by atoms with van der Waals surface area (Å²) in [5, 5.41) is 10.1. The summed E-state index contributed by atoms with van der Waals surface area (Å²) >= 11 is 1.62. The minimum atomic E-state index is -0.439. The molecule has 0 saturated carbocycles. The standard InChI is InChI=1S/C10H13NO2S/c1-2-3-4-9-5-6-10(14-9)7-8-11(12)13/h5-8H,2-4H2,1H3. The summed E-state index contributed by atoms with van der Waals surface area (Å²) in [6, 6.07) is 3.97. The number of thiophene rings is 1. The van der Waals surface area contributed by atoms with Gasteiger partial charge in [-0.1, -0.05) is 13.3 Å². The number of nitrogens with zero attached hydrogens (tertiary/aromatic N) is 1. The van der Waals surface area contributed by atoms with E-state index < -0.39 is 4.92 Å². The summed E-state index contributed by atoms with van der Waals surface area (Å²) in [4.78, 5) is 11.9. The first kappa shape index (κ1) is 10.9. The second-order valence-corrected chi connectivity index (χ2v) is 4.21. The summed E-state index contributed by atoms with van der Waals surface area (Å²) in [6.45, 7) is 2.15. The number of hydrogen-bond acceptors (Lipinski definition) is 3. The lowest BCUT2D eigenvalue weighted by Gasteiger charge is -1.91. The van der Waals surface area contributed by atoms with Gasteiger partial charge in [-0.05, 0) is 25.0 Å². The zero-order chi connectivity index (χ0) is 10.4. The van der Waals surface area contributed by atoms with Crippen LogP contribution in [-0.2, 0) is 6.42 Å². The quantitative estimate of drug-likeness (QED) is 0.553. The summed E-state index contributed by atoms with van der Waals surface area (Å²) in [6.07, 6.45) is 5.96. The zero-order valence-electron chi connectivity index (χ0n) is 8.10. The molecule has 0 aliphatic heterocycles. The molecule has 0 fully saturated rings. The first-order valence-corrected chi connectivity index (χ1v) is 5.44. The van der Waals surface area contributed by atoms with Gasteiger partial charge in [-0.15, -0.1) is 11.3 Å². The second kappa shape index (κ2) is 5.54. The van der Waals surface area contributed by atoms with E-state index in [2.05, 4.69) is 6.92 Å². The molecule has 1 aromatic rings. The molecule has 0 amide bonds. The normalized spacial score (nSPS) is 10.9. The van der Waals surface area contributed by atoms with E-state index in [0.29, 0.717) is 0 Å². The summed E-state index contributed by atoms with van der Waals surface area (Å²) < 4.78 is 0. The minimum absolute atomic E-state index is 0.439. The van der Waals surface area contributed by atoms with Crippen molar-refractivity contribution in [2.24, 2.45) is 0 Å². The molecule has 76 valence electrons. The fourth-order valence-electron chi connectivity index (χ4n) is 1.10. The summed E-state index contributed by atoms with van der Waals surface area (Å²) in [7, 11) is 0. The third kappa shape index (κ3) is 3.70. The molecule has 0 unspecified atom stereocenters. The number of hydrogen-bond donors (Lipinski definition) is 0. The van der Waals surface area contributed by atoms with E-state index >= 15 is 0 Å². The Morgan fingerprint density at radius 2 is 2.36 bits per heavy atom. The SMILES string of the molecule is CCCCc1ccc(C=C[N+](=O)[O-])s1. The highest BCUT2D eigenvalue weighted by Crippen LogP contribution is 2.19. The van der Waals surface area contributed by atoms with Crippen molar-refractivity contribution in [3.05, 3.63) is 38.2 Å². The van der Waals surface area contributed by atoms with E-state index in [4.69, 9.17) is 0 Å². The molecule has 0 aliphatic carbocycles. The molecule has 14 heavy (non-hydrogen) atoms. The van der Waals surface area contributed by atoms with Gasteiger partial charge in [0.05, 0.1) is 4.92 Å². The Bertz CT molecular complexity index is 331. The van der Waals surface area contributed by atoms with E-state index in [-0.39, 0.29) is 0 Å². The average Bonchev–Trinajstić information content (AvgIpc) is 2.59. The lowest BCUT2D eigenvalue weighted by atomic mass is 10.2. The molecular weight excluding hydrogens is 198 g/mol. The molecule has 0 N–H and O–H groups in total. The van der Waals surface area contributed by atoms with Crippen LogP contribution >= 0.6 is 11.3 Å². The van der Waals surface area contributed by atoms with Crippen LogP contribution in [0.2, 0.25) is 0 Å². The van der Waals surface area contributed by atoms with E-state index in [1.54, 1.807) is 17.4 Å². The fraction of sp³-hybridized carbons (Fsp3) is 0.400. The Kier molecular flexibility index (Phi) is 4.32. The van der Waals surface area contributed by atoms with Crippen LogP contribution in [0.1, 0.15) is 29.5 Å². The van der Waals surface area contributed by atoms with Crippen molar-refractivity contribution in [2.45, 2.75) is 26.2 Å². The molecule has 0 spiro atoms. The first-order valence-electron chi connectivity index (χ1n) is 4.62. The molecule has 0 saturated heterocycles.